The summed E-state index contributed by atoms with van der Waals surface area (Å²) >= 11 is 2.27. The van der Waals surface area contributed by atoms with E-state index in [2.05, 4.69) is 27.9 Å². The Hall–Kier alpha value is -1.76. The van der Waals surface area contributed by atoms with E-state index in [1.165, 1.54) is 5.56 Å². The Labute approximate surface area is 143 Å². The monoisotopic (exact) mass is 409 g/mol. The van der Waals surface area contributed by atoms with Gasteiger partial charge in [-0.05, 0) is 71.3 Å². The Morgan fingerprint density at radius 2 is 2.00 bits per heavy atom. The van der Waals surface area contributed by atoms with Gasteiger partial charge in [-0.2, -0.15) is 0 Å². The third kappa shape index (κ3) is 3.52. The molecule has 0 radical (unpaired) electrons. The summed E-state index contributed by atoms with van der Waals surface area (Å²) in [5, 5.41) is 2.93. The zero-order valence-electron chi connectivity index (χ0n) is 12.2. The van der Waals surface area contributed by atoms with Crippen molar-refractivity contribution in [3.05, 3.63) is 51.1 Å². The number of carbonyl (C=O) groups is 1. The highest BCUT2D eigenvalue weighted by molar-refractivity contribution is 14.1. The second-order valence-corrected chi connectivity index (χ2v) is 6.36. The van der Waals surface area contributed by atoms with Crippen molar-refractivity contribution in [1.29, 1.82) is 0 Å². The Bertz CT molecular complexity index is 715. The minimum atomic E-state index is 0.0114. The summed E-state index contributed by atoms with van der Waals surface area (Å²) in [5.74, 6) is 1.53. The van der Waals surface area contributed by atoms with Gasteiger partial charge in [-0.15, -0.1) is 0 Å². The second-order valence-electron chi connectivity index (χ2n) is 5.20. The number of hydrogen-bond acceptors (Lipinski definition) is 3. The number of hydrogen-bond donors (Lipinski definition) is 1. The average Bonchev–Trinajstić information content (AvgIpc) is 2.96. The topological polar surface area (TPSA) is 47.6 Å². The number of benzene rings is 2. The van der Waals surface area contributed by atoms with E-state index in [9.17, 15) is 4.79 Å². The molecule has 0 fully saturated rings. The normalized spacial score (nSPS) is 12.3. The number of anilines is 1. The smallest absolute Gasteiger partial charge is 0.231 e. The fraction of sp³-hybridized carbons (Fsp3) is 0.235. The van der Waals surface area contributed by atoms with E-state index < -0.39 is 0 Å². The summed E-state index contributed by atoms with van der Waals surface area (Å²) < 4.78 is 11.8. The summed E-state index contributed by atoms with van der Waals surface area (Å²) in [4.78, 5) is 12.0. The van der Waals surface area contributed by atoms with Crippen LogP contribution in [0.15, 0.2) is 36.4 Å². The molecule has 0 aliphatic carbocycles. The van der Waals surface area contributed by atoms with Crippen LogP contribution in [0.25, 0.3) is 0 Å². The highest BCUT2D eigenvalue weighted by atomic mass is 127. The molecule has 22 heavy (non-hydrogen) atoms. The van der Waals surface area contributed by atoms with E-state index in [1.54, 1.807) is 0 Å². The molecule has 1 amide bonds. The summed E-state index contributed by atoms with van der Waals surface area (Å²) in [5.41, 5.74) is 3.11. The minimum Gasteiger partial charge on any atom is -0.454 e. The summed E-state index contributed by atoms with van der Waals surface area (Å²) in [6.07, 6.45) is 1.11. The van der Waals surface area contributed by atoms with Gasteiger partial charge >= 0.3 is 0 Å². The second kappa shape index (κ2) is 6.56. The summed E-state index contributed by atoms with van der Waals surface area (Å²) in [6.45, 7) is 2.32. The first-order chi connectivity index (χ1) is 10.6. The Kier molecular flexibility index (Phi) is 4.52. The van der Waals surface area contributed by atoms with Crippen molar-refractivity contribution >= 4 is 34.2 Å². The van der Waals surface area contributed by atoms with Crippen LogP contribution in [0.1, 0.15) is 17.5 Å². The summed E-state index contributed by atoms with van der Waals surface area (Å²) in [6, 6.07) is 11.7. The lowest BCUT2D eigenvalue weighted by Crippen LogP contribution is -2.12. The van der Waals surface area contributed by atoms with Crippen molar-refractivity contribution in [1.82, 2.24) is 0 Å². The Morgan fingerprint density at radius 3 is 2.82 bits per heavy atom. The first kappa shape index (κ1) is 15.1. The van der Waals surface area contributed by atoms with Gasteiger partial charge in [-0.25, -0.2) is 0 Å². The maximum Gasteiger partial charge on any atom is 0.231 e. The zero-order chi connectivity index (χ0) is 15.5. The molecule has 0 unspecified atom stereocenters. The molecular weight excluding hydrogens is 393 g/mol. The molecule has 0 saturated carbocycles. The summed E-state index contributed by atoms with van der Waals surface area (Å²) in [7, 11) is 0. The quantitative estimate of drug-likeness (QED) is 0.780. The van der Waals surface area contributed by atoms with Crippen molar-refractivity contribution in [2.75, 3.05) is 12.1 Å². The molecule has 4 nitrogen and oxygen atoms in total. The predicted octanol–water partition coefficient (Wildman–Crippen LogP) is 3.90. The maximum atomic E-state index is 12.0. The molecular formula is C17H16INO3. The number of amides is 1. The van der Waals surface area contributed by atoms with Gasteiger partial charge in [0.15, 0.2) is 11.5 Å². The van der Waals surface area contributed by atoms with Gasteiger partial charge in [0, 0.05) is 15.7 Å². The molecule has 1 N–H and O–H groups in total. The Balaban J connectivity index is 1.57. The van der Waals surface area contributed by atoms with Crippen LogP contribution >= 0.6 is 22.6 Å². The molecule has 114 valence electrons. The third-order valence-electron chi connectivity index (χ3n) is 3.53. The standard InChI is InChI=1S/C17H16INO3/c1-11-2-5-13(9-14(11)18)19-17(20)7-4-12-3-6-15-16(8-12)22-10-21-15/h2-3,5-6,8-9H,4,7,10H2,1H3,(H,19,20). The average molecular weight is 409 g/mol. The molecule has 0 atom stereocenters. The van der Waals surface area contributed by atoms with Crippen molar-refractivity contribution in [3.8, 4) is 11.5 Å². The van der Waals surface area contributed by atoms with E-state index in [-0.39, 0.29) is 12.7 Å². The molecule has 1 aliphatic heterocycles. The van der Waals surface area contributed by atoms with Gasteiger partial charge in [0.2, 0.25) is 12.7 Å². The molecule has 0 aromatic heterocycles. The predicted molar refractivity (Wildman–Crippen MR) is 93.4 cm³/mol. The molecule has 2 aromatic rings. The lowest BCUT2D eigenvalue weighted by atomic mass is 10.1. The molecule has 1 heterocycles. The van der Waals surface area contributed by atoms with Crippen molar-refractivity contribution in [3.63, 3.8) is 0 Å². The SMILES string of the molecule is Cc1ccc(NC(=O)CCc2ccc3c(c2)OCO3)cc1I. The van der Waals surface area contributed by atoms with Gasteiger partial charge in [-0.3, -0.25) is 4.79 Å². The third-order valence-corrected chi connectivity index (χ3v) is 4.70. The molecule has 0 spiro atoms. The number of nitrogens with one attached hydrogen (secondary N) is 1. The van der Waals surface area contributed by atoms with E-state index in [0.717, 1.165) is 26.3 Å². The molecule has 0 bridgehead atoms. The molecule has 0 saturated heterocycles. The van der Waals surface area contributed by atoms with Crippen LogP contribution in [-0.4, -0.2) is 12.7 Å². The van der Waals surface area contributed by atoms with Crippen LogP contribution in [0.2, 0.25) is 0 Å². The highest BCUT2D eigenvalue weighted by Crippen LogP contribution is 2.32. The molecule has 5 heteroatoms. The lowest BCUT2D eigenvalue weighted by Gasteiger charge is -2.07. The van der Waals surface area contributed by atoms with Crippen molar-refractivity contribution in [2.24, 2.45) is 0 Å². The fourth-order valence-corrected chi connectivity index (χ4v) is 2.76. The van der Waals surface area contributed by atoms with Gasteiger partial charge in [-0.1, -0.05) is 12.1 Å². The van der Waals surface area contributed by atoms with Crippen LogP contribution in [0.3, 0.4) is 0 Å². The first-order valence-corrected chi connectivity index (χ1v) is 8.14. The number of aryl methyl sites for hydroxylation is 2. The number of halogens is 1. The Morgan fingerprint density at radius 1 is 1.18 bits per heavy atom. The number of rotatable bonds is 4. The van der Waals surface area contributed by atoms with Gasteiger partial charge in [0.25, 0.3) is 0 Å². The van der Waals surface area contributed by atoms with Crippen LogP contribution in [0.5, 0.6) is 11.5 Å². The largest absolute Gasteiger partial charge is 0.454 e. The van der Waals surface area contributed by atoms with E-state index >= 15 is 0 Å². The number of ether oxygens (including phenoxy) is 2. The van der Waals surface area contributed by atoms with Crippen LogP contribution in [0.4, 0.5) is 5.69 Å². The van der Waals surface area contributed by atoms with Crippen LogP contribution in [-0.2, 0) is 11.2 Å². The van der Waals surface area contributed by atoms with Crippen molar-refractivity contribution in [2.45, 2.75) is 19.8 Å². The molecule has 3 rings (SSSR count). The fourth-order valence-electron chi connectivity index (χ4n) is 2.25. The maximum absolute atomic E-state index is 12.0. The van der Waals surface area contributed by atoms with Gasteiger partial charge < -0.3 is 14.8 Å². The van der Waals surface area contributed by atoms with Gasteiger partial charge in [0.1, 0.15) is 0 Å². The molecule has 2 aromatic carbocycles. The minimum absolute atomic E-state index is 0.0114. The van der Waals surface area contributed by atoms with Crippen LogP contribution < -0.4 is 14.8 Å². The van der Waals surface area contributed by atoms with E-state index in [0.29, 0.717) is 12.8 Å². The first-order valence-electron chi connectivity index (χ1n) is 7.06. The lowest BCUT2D eigenvalue weighted by molar-refractivity contribution is -0.116. The number of carbonyl (C=O) groups excluding carboxylic acids is 1. The van der Waals surface area contributed by atoms with E-state index in [4.69, 9.17) is 9.47 Å². The molecule has 1 aliphatic rings. The van der Waals surface area contributed by atoms with Crippen LogP contribution in [0, 0.1) is 10.5 Å². The number of fused-ring (bicyclic) bond motifs is 1. The highest BCUT2D eigenvalue weighted by Gasteiger charge is 2.13. The van der Waals surface area contributed by atoms with E-state index in [1.807, 2.05) is 43.3 Å². The van der Waals surface area contributed by atoms with Crippen molar-refractivity contribution < 1.29 is 14.3 Å². The zero-order valence-corrected chi connectivity index (χ0v) is 14.3. The van der Waals surface area contributed by atoms with Gasteiger partial charge in [0.05, 0.1) is 0 Å².